The molecule has 1 fully saturated rings. The summed E-state index contributed by atoms with van der Waals surface area (Å²) < 4.78 is 5.32. The molecule has 0 saturated carbocycles. The third kappa shape index (κ3) is 5.57. The number of hydrogen-bond acceptors (Lipinski definition) is 4. The molecule has 1 aliphatic rings. The summed E-state index contributed by atoms with van der Waals surface area (Å²) in [5.41, 5.74) is 3.45. The highest BCUT2D eigenvalue weighted by Gasteiger charge is 2.23. The Labute approximate surface area is 172 Å². The van der Waals surface area contributed by atoms with Gasteiger partial charge < -0.3 is 15.4 Å². The predicted octanol–water partition coefficient (Wildman–Crippen LogP) is 3.14. The molecule has 0 spiro atoms. The first-order valence-corrected chi connectivity index (χ1v) is 9.99. The number of aryl methyl sites for hydroxylation is 2. The Morgan fingerprint density at radius 3 is 2.52 bits per heavy atom. The van der Waals surface area contributed by atoms with Gasteiger partial charge in [0.1, 0.15) is 5.75 Å². The Bertz CT molecular complexity index is 873. The van der Waals surface area contributed by atoms with Gasteiger partial charge in [-0.3, -0.25) is 14.5 Å². The monoisotopic (exact) mass is 395 g/mol. The van der Waals surface area contributed by atoms with Gasteiger partial charge in [0.15, 0.2) is 0 Å². The first kappa shape index (κ1) is 20.9. The molecule has 3 rings (SSSR count). The van der Waals surface area contributed by atoms with Gasteiger partial charge in [-0.15, -0.1) is 0 Å². The van der Waals surface area contributed by atoms with E-state index in [-0.39, 0.29) is 17.9 Å². The number of piperidine rings is 1. The maximum absolute atomic E-state index is 12.5. The molecule has 154 valence electrons. The van der Waals surface area contributed by atoms with Crippen molar-refractivity contribution >= 4 is 17.5 Å². The van der Waals surface area contributed by atoms with Crippen molar-refractivity contribution < 1.29 is 14.3 Å². The topological polar surface area (TPSA) is 70.7 Å². The number of hydrogen-bond donors (Lipinski definition) is 2. The summed E-state index contributed by atoms with van der Waals surface area (Å²) in [6.07, 6.45) is 1.66. The summed E-state index contributed by atoms with van der Waals surface area (Å²) in [4.78, 5) is 27.1. The van der Waals surface area contributed by atoms with E-state index in [2.05, 4.69) is 15.5 Å². The van der Waals surface area contributed by atoms with Crippen molar-refractivity contribution in [3.63, 3.8) is 0 Å². The molecular formula is C23H29N3O3. The van der Waals surface area contributed by atoms with Crippen LogP contribution < -0.4 is 15.4 Å². The SMILES string of the molecule is COc1ccc(C)cc1NC(=O)CN1CCC(NC(=O)c2ccccc2C)CC1. The Hall–Kier alpha value is -2.86. The van der Waals surface area contributed by atoms with Crippen LogP contribution in [0.5, 0.6) is 5.75 Å². The van der Waals surface area contributed by atoms with Crippen molar-refractivity contribution in [2.75, 3.05) is 32.1 Å². The number of benzene rings is 2. The number of nitrogens with one attached hydrogen (secondary N) is 2. The van der Waals surface area contributed by atoms with Crippen molar-refractivity contribution in [3.8, 4) is 5.75 Å². The van der Waals surface area contributed by atoms with Gasteiger partial charge in [0.2, 0.25) is 5.91 Å². The highest BCUT2D eigenvalue weighted by atomic mass is 16.5. The fourth-order valence-electron chi connectivity index (χ4n) is 3.64. The third-order valence-corrected chi connectivity index (χ3v) is 5.31. The second kappa shape index (κ2) is 9.56. The van der Waals surface area contributed by atoms with E-state index < -0.39 is 0 Å². The zero-order valence-electron chi connectivity index (χ0n) is 17.3. The lowest BCUT2D eigenvalue weighted by molar-refractivity contribution is -0.117. The Morgan fingerprint density at radius 2 is 1.83 bits per heavy atom. The standard InChI is InChI=1S/C23H29N3O3/c1-16-8-9-21(29-3)20(14-16)25-22(27)15-26-12-10-18(11-13-26)24-23(28)19-7-5-4-6-17(19)2/h4-9,14,18H,10-13,15H2,1-3H3,(H,24,28)(H,25,27). The molecule has 1 aliphatic heterocycles. The number of anilines is 1. The van der Waals surface area contributed by atoms with Gasteiger partial charge in [-0.25, -0.2) is 0 Å². The fraction of sp³-hybridized carbons (Fsp3) is 0.391. The smallest absolute Gasteiger partial charge is 0.251 e. The van der Waals surface area contributed by atoms with Crippen molar-refractivity contribution in [2.45, 2.75) is 32.7 Å². The molecule has 0 atom stereocenters. The van der Waals surface area contributed by atoms with Gasteiger partial charge in [-0.05, 0) is 56.0 Å². The van der Waals surface area contributed by atoms with Crippen LogP contribution in [0.4, 0.5) is 5.69 Å². The molecule has 29 heavy (non-hydrogen) atoms. The summed E-state index contributed by atoms with van der Waals surface area (Å²) in [6.45, 7) is 5.80. The minimum atomic E-state index is -0.0590. The number of methoxy groups -OCH3 is 1. The highest BCUT2D eigenvalue weighted by Crippen LogP contribution is 2.25. The molecule has 6 nitrogen and oxygen atoms in total. The zero-order valence-corrected chi connectivity index (χ0v) is 17.3. The van der Waals surface area contributed by atoms with Crippen molar-refractivity contribution in [3.05, 3.63) is 59.2 Å². The number of carbonyl (C=O) groups is 2. The lowest BCUT2D eigenvalue weighted by Crippen LogP contribution is -2.46. The fourth-order valence-corrected chi connectivity index (χ4v) is 3.64. The van der Waals surface area contributed by atoms with E-state index in [1.165, 1.54) is 0 Å². The third-order valence-electron chi connectivity index (χ3n) is 5.31. The van der Waals surface area contributed by atoms with Crippen LogP contribution in [-0.4, -0.2) is 49.5 Å². The van der Waals surface area contributed by atoms with Gasteiger partial charge in [0.05, 0.1) is 19.3 Å². The second-order valence-electron chi connectivity index (χ2n) is 7.59. The number of amides is 2. The molecule has 6 heteroatoms. The molecule has 0 unspecified atom stereocenters. The average molecular weight is 396 g/mol. The molecule has 2 amide bonds. The maximum Gasteiger partial charge on any atom is 0.251 e. The van der Waals surface area contributed by atoms with Crippen LogP contribution >= 0.6 is 0 Å². The largest absolute Gasteiger partial charge is 0.495 e. The van der Waals surface area contributed by atoms with Crippen LogP contribution in [0.1, 0.15) is 34.3 Å². The second-order valence-corrected chi connectivity index (χ2v) is 7.59. The summed E-state index contributed by atoms with van der Waals surface area (Å²) in [5.74, 6) is 0.573. The van der Waals surface area contributed by atoms with E-state index in [4.69, 9.17) is 4.74 Å². The molecule has 2 aromatic rings. The Balaban J connectivity index is 1.47. The predicted molar refractivity (Wildman–Crippen MR) is 114 cm³/mol. The highest BCUT2D eigenvalue weighted by molar-refractivity contribution is 5.96. The Morgan fingerprint density at radius 1 is 1.10 bits per heavy atom. The molecule has 0 aliphatic carbocycles. The molecule has 0 aromatic heterocycles. The minimum Gasteiger partial charge on any atom is -0.495 e. The van der Waals surface area contributed by atoms with Crippen LogP contribution in [-0.2, 0) is 4.79 Å². The van der Waals surface area contributed by atoms with E-state index in [0.29, 0.717) is 18.0 Å². The summed E-state index contributed by atoms with van der Waals surface area (Å²) in [6, 6.07) is 13.5. The molecule has 1 saturated heterocycles. The van der Waals surface area contributed by atoms with Gasteiger partial charge in [0, 0.05) is 24.7 Å². The lowest BCUT2D eigenvalue weighted by Gasteiger charge is -2.32. The first-order chi connectivity index (χ1) is 14.0. The van der Waals surface area contributed by atoms with E-state index in [1.807, 2.05) is 56.3 Å². The number of rotatable bonds is 6. The van der Waals surface area contributed by atoms with Crippen molar-refractivity contribution in [1.82, 2.24) is 10.2 Å². The van der Waals surface area contributed by atoms with E-state index >= 15 is 0 Å². The van der Waals surface area contributed by atoms with Crippen LogP contribution in [0.25, 0.3) is 0 Å². The Kier molecular flexibility index (Phi) is 6.88. The molecule has 0 radical (unpaired) electrons. The van der Waals surface area contributed by atoms with Crippen molar-refractivity contribution in [2.24, 2.45) is 0 Å². The number of ether oxygens (including phenoxy) is 1. The summed E-state index contributed by atoms with van der Waals surface area (Å²) >= 11 is 0. The zero-order chi connectivity index (χ0) is 20.8. The summed E-state index contributed by atoms with van der Waals surface area (Å²) in [7, 11) is 1.59. The number of likely N-dealkylation sites (tertiary alicyclic amines) is 1. The molecule has 2 N–H and O–H groups in total. The van der Waals surface area contributed by atoms with Crippen LogP contribution in [0.15, 0.2) is 42.5 Å². The van der Waals surface area contributed by atoms with E-state index in [0.717, 1.165) is 42.6 Å². The molecule has 1 heterocycles. The van der Waals surface area contributed by atoms with E-state index in [1.54, 1.807) is 7.11 Å². The molecule has 2 aromatic carbocycles. The quantitative estimate of drug-likeness (QED) is 0.788. The molecule has 0 bridgehead atoms. The lowest BCUT2D eigenvalue weighted by atomic mass is 10.0. The normalized spacial score (nSPS) is 15.0. The van der Waals surface area contributed by atoms with Crippen LogP contribution in [0, 0.1) is 13.8 Å². The minimum absolute atomic E-state index is 0.0224. The number of carbonyl (C=O) groups excluding carboxylic acids is 2. The maximum atomic E-state index is 12.5. The average Bonchev–Trinajstić information content (AvgIpc) is 2.70. The van der Waals surface area contributed by atoms with Gasteiger partial charge in [-0.1, -0.05) is 24.3 Å². The van der Waals surface area contributed by atoms with Crippen molar-refractivity contribution in [1.29, 1.82) is 0 Å². The van der Waals surface area contributed by atoms with Gasteiger partial charge in [-0.2, -0.15) is 0 Å². The van der Waals surface area contributed by atoms with E-state index in [9.17, 15) is 9.59 Å². The van der Waals surface area contributed by atoms with Crippen LogP contribution in [0.3, 0.4) is 0 Å². The molecular weight excluding hydrogens is 366 g/mol. The first-order valence-electron chi connectivity index (χ1n) is 9.99. The summed E-state index contributed by atoms with van der Waals surface area (Å²) in [5, 5.41) is 6.07. The number of nitrogens with zero attached hydrogens (tertiary/aromatic N) is 1. The van der Waals surface area contributed by atoms with Crippen LogP contribution in [0.2, 0.25) is 0 Å². The van der Waals surface area contributed by atoms with Gasteiger partial charge in [0.25, 0.3) is 5.91 Å². The van der Waals surface area contributed by atoms with Gasteiger partial charge >= 0.3 is 0 Å².